The normalized spacial score (nSPS) is 23.8. The molecule has 2 aromatic carbocycles. The first kappa shape index (κ1) is 20.4. The molecule has 2 aliphatic heterocycles. The Labute approximate surface area is 185 Å². The van der Waals surface area contributed by atoms with Crippen LogP contribution >= 0.6 is 15.9 Å². The van der Waals surface area contributed by atoms with Crippen LogP contribution in [0.25, 0.3) is 6.08 Å². The van der Waals surface area contributed by atoms with Crippen molar-refractivity contribution in [1.29, 1.82) is 10.5 Å². The van der Waals surface area contributed by atoms with E-state index in [1.807, 2.05) is 86.5 Å². The van der Waals surface area contributed by atoms with Crippen molar-refractivity contribution in [1.82, 2.24) is 4.90 Å². The van der Waals surface area contributed by atoms with Gasteiger partial charge in [0.05, 0.1) is 24.2 Å². The third-order valence-corrected chi connectivity index (χ3v) is 6.65. The quantitative estimate of drug-likeness (QED) is 0.586. The SMILES string of the molecule is CC(C)(C)C(=O)[C@@H]1[C@@H](c2cccc(Br)c2)C(C#N)(C#N)[C@H]2c3ccccc3C=CN12. The van der Waals surface area contributed by atoms with Crippen molar-refractivity contribution in [3.8, 4) is 12.1 Å². The van der Waals surface area contributed by atoms with Crippen LogP contribution < -0.4 is 0 Å². The van der Waals surface area contributed by atoms with Crippen LogP contribution in [-0.2, 0) is 4.79 Å². The van der Waals surface area contributed by atoms with Gasteiger partial charge in [-0.2, -0.15) is 10.5 Å². The lowest BCUT2D eigenvalue weighted by Crippen LogP contribution is -2.43. The Morgan fingerprint density at radius 1 is 1.10 bits per heavy atom. The van der Waals surface area contributed by atoms with Gasteiger partial charge in [0.2, 0.25) is 0 Å². The predicted octanol–water partition coefficient (Wildman–Crippen LogP) is 5.59. The second-order valence-electron chi connectivity index (χ2n) is 8.98. The van der Waals surface area contributed by atoms with Gasteiger partial charge in [-0.25, -0.2) is 0 Å². The monoisotopic (exact) mass is 459 g/mol. The number of rotatable bonds is 2. The average Bonchev–Trinajstić information content (AvgIpc) is 3.03. The molecule has 30 heavy (non-hydrogen) atoms. The number of hydrogen-bond acceptors (Lipinski definition) is 4. The Kier molecular flexibility index (Phi) is 4.83. The Morgan fingerprint density at radius 3 is 2.43 bits per heavy atom. The molecular formula is C25H22BrN3O. The van der Waals surface area contributed by atoms with Crippen molar-refractivity contribution < 1.29 is 4.79 Å². The van der Waals surface area contributed by atoms with Crippen molar-refractivity contribution in [2.24, 2.45) is 10.8 Å². The first-order chi connectivity index (χ1) is 14.2. The molecule has 0 radical (unpaired) electrons. The highest BCUT2D eigenvalue weighted by molar-refractivity contribution is 9.10. The maximum absolute atomic E-state index is 13.7. The minimum atomic E-state index is -1.41. The molecule has 5 heteroatoms. The van der Waals surface area contributed by atoms with Gasteiger partial charge >= 0.3 is 0 Å². The number of fused-ring (bicyclic) bond motifs is 3. The highest BCUT2D eigenvalue weighted by Gasteiger charge is 2.64. The first-order valence-electron chi connectivity index (χ1n) is 9.91. The average molecular weight is 460 g/mol. The molecule has 4 rings (SSSR count). The fourth-order valence-electron chi connectivity index (χ4n) is 4.81. The lowest BCUT2D eigenvalue weighted by Gasteiger charge is -2.36. The fraction of sp³-hybridized carbons (Fsp3) is 0.320. The van der Waals surface area contributed by atoms with Gasteiger partial charge < -0.3 is 4.90 Å². The predicted molar refractivity (Wildman–Crippen MR) is 119 cm³/mol. The second kappa shape index (κ2) is 7.11. The molecular weight excluding hydrogens is 438 g/mol. The number of halogens is 1. The van der Waals surface area contributed by atoms with E-state index in [1.54, 1.807) is 0 Å². The Morgan fingerprint density at radius 2 is 1.80 bits per heavy atom. The maximum Gasteiger partial charge on any atom is 0.177 e. The van der Waals surface area contributed by atoms with Gasteiger partial charge in [0.15, 0.2) is 11.2 Å². The maximum atomic E-state index is 13.7. The van der Waals surface area contributed by atoms with Gasteiger partial charge in [-0.3, -0.25) is 4.79 Å². The van der Waals surface area contributed by atoms with Crippen LogP contribution in [-0.4, -0.2) is 16.7 Å². The molecule has 0 aromatic heterocycles. The molecule has 2 aromatic rings. The van der Waals surface area contributed by atoms with E-state index in [-0.39, 0.29) is 5.78 Å². The van der Waals surface area contributed by atoms with Crippen molar-refractivity contribution in [3.05, 3.63) is 75.9 Å². The second-order valence-corrected chi connectivity index (χ2v) is 9.89. The minimum Gasteiger partial charge on any atom is -0.357 e. The van der Waals surface area contributed by atoms with E-state index < -0.39 is 28.8 Å². The van der Waals surface area contributed by atoms with E-state index in [1.165, 1.54) is 0 Å². The van der Waals surface area contributed by atoms with Gasteiger partial charge in [0.25, 0.3) is 0 Å². The molecule has 150 valence electrons. The molecule has 2 aliphatic rings. The number of nitrogens with zero attached hydrogens (tertiary/aromatic N) is 3. The molecule has 0 bridgehead atoms. The van der Waals surface area contributed by atoms with E-state index in [9.17, 15) is 15.3 Å². The summed E-state index contributed by atoms with van der Waals surface area (Å²) in [5, 5.41) is 20.9. The van der Waals surface area contributed by atoms with Crippen LogP contribution in [0.3, 0.4) is 0 Å². The van der Waals surface area contributed by atoms with Gasteiger partial charge in [-0.05, 0) is 34.9 Å². The standard InChI is InChI=1S/C25H22BrN3O/c1-24(2,3)23(30)21-20(17-8-6-9-18(26)13-17)25(14-27,15-28)22-19-10-5-4-7-16(19)11-12-29(21)22/h4-13,20-22H,1-3H3/t20-,21+,22-/m1/s1. The highest BCUT2D eigenvalue weighted by Crippen LogP contribution is 2.60. The van der Waals surface area contributed by atoms with Crippen LogP contribution in [0.4, 0.5) is 0 Å². The number of nitriles is 2. The smallest absolute Gasteiger partial charge is 0.177 e. The topological polar surface area (TPSA) is 67.9 Å². The minimum absolute atomic E-state index is 0.0221. The van der Waals surface area contributed by atoms with Crippen LogP contribution in [0.1, 0.15) is 49.4 Å². The third-order valence-electron chi connectivity index (χ3n) is 6.16. The van der Waals surface area contributed by atoms with Crippen molar-refractivity contribution in [2.45, 2.75) is 38.8 Å². The molecule has 0 unspecified atom stereocenters. The molecule has 0 aliphatic carbocycles. The molecule has 1 fully saturated rings. The van der Waals surface area contributed by atoms with Gasteiger partial charge in [0, 0.05) is 22.0 Å². The summed E-state index contributed by atoms with van der Waals surface area (Å²) in [6.45, 7) is 5.67. The van der Waals surface area contributed by atoms with E-state index in [0.29, 0.717) is 0 Å². The molecule has 0 N–H and O–H groups in total. The number of carbonyl (C=O) groups excluding carboxylic acids is 1. The Balaban J connectivity index is 2.03. The Bertz CT molecular complexity index is 1120. The molecule has 1 saturated heterocycles. The number of hydrogen-bond donors (Lipinski definition) is 0. The third kappa shape index (κ3) is 2.89. The van der Waals surface area contributed by atoms with E-state index >= 15 is 0 Å². The number of Topliss-reactive ketones (excluding diaryl/α,β-unsaturated/α-hetero) is 1. The number of ketones is 1. The summed E-state index contributed by atoms with van der Waals surface area (Å²) in [7, 11) is 0. The van der Waals surface area contributed by atoms with Crippen LogP contribution in [0.5, 0.6) is 0 Å². The highest BCUT2D eigenvalue weighted by atomic mass is 79.9. The zero-order valence-electron chi connectivity index (χ0n) is 17.1. The molecule has 0 amide bonds. The van der Waals surface area contributed by atoms with E-state index in [4.69, 9.17) is 0 Å². The number of carbonyl (C=O) groups is 1. The zero-order chi connectivity index (χ0) is 21.7. The zero-order valence-corrected chi connectivity index (χ0v) is 18.7. The van der Waals surface area contributed by atoms with E-state index in [0.717, 1.165) is 21.2 Å². The molecule has 0 saturated carbocycles. The molecule has 4 nitrogen and oxygen atoms in total. The largest absolute Gasteiger partial charge is 0.357 e. The summed E-state index contributed by atoms with van der Waals surface area (Å²) < 4.78 is 0.854. The summed E-state index contributed by atoms with van der Waals surface area (Å²) in [5.74, 6) is -0.564. The summed E-state index contributed by atoms with van der Waals surface area (Å²) in [6, 6.07) is 19.0. The lowest BCUT2D eigenvalue weighted by molar-refractivity contribution is -0.130. The van der Waals surface area contributed by atoms with Crippen molar-refractivity contribution in [3.63, 3.8) is 0 Å². The van der Waals surface area contributed by atoms with Crippen molar-refractivity contribution >= 4 is 27.8 Å². The van der Waals surface area contributed by atoms with Gasteiger partial charge in [0.1, 0.15) is 0 Å². The van der Waals surface area contributed by atoms with Gasteiger partial charge in [-0.1, -0.05) is 73.1 Å². The lowest BCUT2D eigenvalue weighted by atomic mass is 9.66. The Hall–Kier alpha value is -2.89. The molecule has 3 atom stereocenters. The van der Waals surface area contributed by atoms with Crippen LogP contribution in [0, 0.1) is 33.5 Å². The fourth-order valence-corrected chi connectivity index (χ4v) is 5.23. The summed E-state index contributed by atoms with van der Waals surface area (Å²) >= 11 is 3.51. The summed E-state index contributed by atoms with van der Waals surface area (Å²) in [4.78, 5) is 15.7. The first-order valence-corrected chi connectivity index (χ1v) is 10.7. The van der Waals surface area contributed by atoms with Crippen molar-refractivity contribution in [2.75, 3.05) is 0 Å². The van der Waals surface area contributed by atoms with Gasteiger partial charge in [-0.15, -0.1) is 0 Å². The molecule has 0 spiro atoms. The van der Waals surface area contributed by atoms with Crippen LogP contribution in [0.2, 0.25) is 0 Å². The summed E-state index contributed by atoms with van der Waals surface area (Å²) in [5.41, 5.74) is 0.673. The van der Waals surface area contributed by atoms with Crippen LogP contribution in [0.15, 0.2) is 59.2 Å². The number of benzene rings is 2. The van der Waals surface area contributed by atoms with E-state index in [2.05, 4.69) is 28.1 Å². The summed E-state index contributed by atoms with van der Waals surface area (Å²) in [6.07, 6.45) is 3.86. The molecule has 2 heterocycles.